The number of hydrogen-bond acceptors (Lipinski definition) is 2. The summed E-state index contributed by atoms with van der Waals surface area (Å²) in [4.78, 5) is 10.9. The number of hydrogen-bond donors (Lipinski definition) is 1. The van der Waals surface area contributed by atoms with Crippen LogP contribution in [0, 0.1) is 5.92 Å². The first-order valence-electron chi connectivity index (χ1n) is 4.14. The van der Waals surface area contributed by atoms with Gasteiger partial charge in [0.05, 0.1) is 5.76 Å². The van der Waals surface area contributed by atoms with Crippen molar-refractivity contribution in [1.82, 2.24) is 0 Å². The van der Waals surface area contributed by atoms with E-state index in [0.717, 1.165) is 12.8 Å². The highest BCUT2D eigenvalue weighted by atomic mass is 16.3. The van der Waals surface area contributed by atoms with Gasteiger partial charge in [0.25, 0.3) is 0 Å². The van der Waals surface area contributed by atoms with Crippen molar-refractivity contribution >= 4 is 5.78 Å². The first-order chi connectivity index (χ1) is 5.22. The molecule has 0 aromatic heterocycles. The van der Waals surface area contributed by atoms with Crippen molar-refractivity contribution in [3.63, 3.8) is 0 Å². The second kappa shape index (κ2) is 3.56. The topological polar surface area (TPSA) is 37.3 Å². The molecule has 62 valence electrons. The predicted molar refractivity (Wildman–Crippen MR) is 43.4 cm³/mol. The summed E-state index contributed by atoms with van der Waals surface area (Å²) in [6.45, 7) is 2.10. The van der Waals surface area contributed by atoms with E-state index < -0.39 is 0 Å². The van der Waals surface area contributed by atoms with Crippen molar-refractivity contribution in [2.45, 2.75) is 32.6 Å². The Morgan fingerprint density at radius 2 is 2.36 bits per heavy atom. The van der Waals surface area contributed by atoms with Crippen LogP contribution in [0.3, 0.4) is 0 Å². The van der Waals surface area contributed by atoms with Crippen LogP contribution < -0.4 is 0 Å². The van der Waals surface area contributed by atoms with E-state index in [0.29, 0.717) is 18.8 Å². The molecule has 1 aliphatic carbocycles. The van der Waals surface area contributed by atoms with Gasteiger partial charge in [-0.25, -0.2) is 0 Å². The lowest BCUT2D eigenvalue weighted by atomic mass is 9.89. The number of ketones is 1. The zero-order valence-electron chi connectivity index (χ0n) is 6.84. The van der Waals surface area contributed by atoms with Gasteiger partial charge in [-0.05, 0) is 12.3 Å². The molecular weight excluding hydrogens is 140 g/mol. The average Bonchev–Trinajstić information content (AvgIpc) is 1.85. The third kappa shape index (κ3) is 2.37. The molecule has 2 nitrogen and oxygen atoms in total. The lowest BCUT2D eigenvalue weighted by molar-refractivity contribution is -0.116. The van der Waals surface area contributed by atoms with E-state index in [2.05, 4.69) is 6.92 Å². The second-order valence-corrected chi connectivity index (χ2v) is 3.16. The molecule has 2 heteroatoms. The van der Waals surface area contributed by atoms with Crippen LogP contribution in [0.1, 0.15) is 32.6 Å². The molecule has 0 radical (unpaired) electrons. The van der Waals surface area contributed by atoms with Crippen molar-refractivity contribution in [2.24, 2.45) is 5.92 Å². The molecule has 11 heavy (non-hydrogen) atoms. The number of carbonyl (C=O) groups excluding carboxylic acids is 1. The Labute approximate surface area is 66.9 Å². The van der Waals surface area contributed by atoms with Crippen LogP contribution in [0.5, 0.6) is 0 Å². The largest absolute Gasteiger partial charge is 0.512 e. The molecule has 1 rings (SSSR count). The molecule has 0 fully saturated rings. The number of allylic oxidation sites excluding steroid dienone is 2. The molecule has 0 aromatic rings. The summed E-state index contributed by atoms with van der Waals surface area (Å²) in [5.74, 6) is 0.726. The van der Waals surface area contributed by atoms with E-state index in [9.17, 15) is 4.79 Å². The average molecular weight is 154 g/mol. The minimum Gasteiger partial charge on any atom is -0.512 e. The highest BCUT2D eigenvalue weighted by molar-refractivity contribution is 5.91. The molecule has 0 heterocycles. The fourth-order valence-corrected chi connectivity index (χ4v) is 1.57. The summed E-state index contributed by atoms with van der Waals surface area (Å²) in [5.41, 5.74) is 0. The predicted octanol–water partition coefficient (Wildman–Crippen LogP) is 2.21. The van der Waals surface area contributed by atoms with Gasteiger partial charge in [-0.3, -0.25) is 4.79 Å². The van der Waals surface area contributed by atoms with Crippen LogP contribution in [-0.2, 0) is 4.79 Å². The molecule has 1 aliphatic rings. The van der Waals surface area contributed by atoms with Crippen molar-refractivity contribution in [2.75, 3.05) is 0 Å². The molecule has 1 unspecified atom stereocenters. The minimum atomic E-state index is 0.0761. The van der Waals surface area contributed by atoms with E-state index >= 15 is 0 Å². The van der Waals surface area contributed by atoms with E-state index in [1.807, 2.05) is 0 Å². The number of rotatable bonds is 2. The summed E-state index contributed by atoms with van der Waals surface area (Å²) >= 11 is 0. The zero-order chi connectivity index (χ0) is 8.27. The maximum absolute atomic E-state index is 10.9. The van der Waals surface area contributed by atoms with Crippen LogP contribution in [0.2, 0.25) is 0 Å². The van der Waals surface area contributed by atoms with Crippen LogP contribution in [0.4, 0.5) is 0 Å². The number of aliphatic hydroxyl groups is 1. The van der Waals surface area contributed by atoms with Crippen LogP contribution >= 0.6 is 0 Å². The summed E-state index contributed by atoms with van der Waals surface area (Å²) in [5, 5.41) is 9.12. The molecule has 0 amide bonds. The number of aliphatic hydroxyl groups excluding tert-OH is 1. The fourth-order valence-electron chi connectivity index (χ4n) is 1.57. The maximum Gasteiger partial charge on any atom is 0.159 e. The van der Waals surface area contributed by atoms with E-state index in [1.165, 1.54) is 6.08 Å². The van der Waals surface area contributed by atoms with Gasteiger partial charge >= 0.3 is 0 Å². The van der Waals surface area contributed by atoms with Crippen molar-refractivity contribution in [3.8, 4) is 0 Å². The Kier molecular flexibility index (Phi) is 2.69. The van der Waals surface area contributed by atoms with Gasteiger partial charge in [-0.1, -0.05) is 13.3 Å². The maximum atomic E-state index is 10.9. The monoisotopic (exact) mass is 154 g/mol. The second-order valence-electron chi connectivity index (χ2n) is 3.16. The van der Waals surface area contributed by atoms with Crippen molar-refractivity contribution < 1.29 is 9.90 Å². The molecule has 1 N–H and O–H groups in total. The van der Waals surface area contributed by atoms with Gasteiger partial charge in [0.15, 0.2) is 5.78 Å². The molecule has 0 saturated heterocycles. The van der Waals surface area contributed by atoms with Gasteiger partial charge in [0.2, 0.25) is 0 Å². The molecule has 0 bridgehead atoms. The van der Waals surface area contributed by atoms with Gasteiger partial charge in [-0.15, -0.1) is 0 Å². The SMILES string of the molecule is CCCC1CC(=O)C=C(O)C1. The number of carbonyl (C=O) groups is 1. The van der Waals surface area contributed by atoms with Crippen LogP contribution in [-0.4, -0.2) is 10.9 Å². The standard InChI is InChI=1S/C9H14O2/c1-2-3-7-4-8(10)6-9(11)5-7/h6-7,10H,2-5H2,1H3. The van der Waals surface area contributed by atoms with Crippen LogP contribution in [0.25, 0.3) is 0 Å². The summed E-state index contributed by atoms with van der Waals surface area (Å²) in [6, 6.07) is 0. The third-order valence-corrected chi connectivity index (χ3v) is 2.01. The molecular formula is C9H14O2. The summed E-state index contributed by atoms with van der Waals surface area (Å²) in [6.07, 6.45) is 4.80. The van der Waals surface area contributed by atoms with Gasteiger partial charge in [0, 0.05) is 18.9 Å². The van der Waals surface area contributed by atoms with E-state index in [4.69, 9.17) is 5.11 Å². The quantitative estimate of drug-likeness (QED) is 0.662. The van der Waals surface area contributed by atoms with Crippen LogP contribution in [0.15, 0.2) is 11.8 Å². The third-order valence-electron chi connectivity index (χ3n) is 2.01. The lowest BCUT2D eigenvalue weighted by Gasteiger charge is -2.17. The highest BCUT2D eigenvalue weighted by Gasteiger charge is 2.18. The molecule has 0 saturated carbocycles. The zero-order valence-corrected chi connectivity index (χ0v) is 6.84. The van der Waals surface area contributed by atoms with Gasteiger partial charge in [-0.2, -0.15) is 0 Å². The first kappa shape index (κ1) is 8.31. The fraction of sp³-hybridized carbons (Fsp3) is 0.667. The normalized spacial score (nSPS) is 25.0. The highest BCUT2D eigenvalue weighted by Crippen LogP contribution is 2.24. The Bertz CT molecular complexity index is 182. The lowest BCUT2D eigenvalue weighted by Crippen LogP contribution is -2.13. The molecule has 0 aromatic carbocycles. The molecule has 0 spiro atoms. The molecule has 1 atom stereocenters. The molecule has 0 aliphatic heterocycles. The Morgan fingerprint density at radius 1 is 1.64 bits per heavy atom. The Morgan fingerprint density at radius 3 is 2.91 bits per heavy atom. The Hall–Kier alpha value is -0.790. The van der Waals surface area contributed by atoms with Crippen molar-refractivity contribution in [1.29, 1.82) is 0 Å². The van der Waals surface area contributed by atoms with E-state index in [1.54, 1.807) is 0 Å². The van der Waals surface area contributed by atoms with Gasteiger partial charge < -0.3 is 5.11 Å². The Balaban J connectivity index is 2.50. The minimum absolute atomic E-state index is 0.0761. The first-order valence-corrected chi connectivity index (χ1v) is 4.14. The van der Waals surface area contributed by atoms with E-state index in [-0.39, 0.29) is 11.5 Å². The summed E-state index contributed by atoms with van der Waals surface area (Å²) in [7, 11) is 0. The van der Waals surface area contributed by atoms with Gasteiger partial charge in [0.1, 0.15) is 0 Å². The van der Waals surface area contributed by atoms with Crippen molar-refractivity contribution in [3.05, 3.63) is 11.8 Å². The summed E-state index contributed by atoms with van der Waals surface area (Å²) < 4.78 is 0. The smallest absolute Gasteiger partial charge is 0.159 e.